The number of carbonyl (C=O) groups is 1. The first-order valence-electron chi connectivity index (χ1n) is 8.14. The summed E-state index contributed by atoms with van der Waals surface area (Å²) in [6, 6.07) is 6.71. The highest BCUT2D eigenvalue weighted by atomic mass is 19.1. The summed E-state index contributed by atoms with van der Waals surface area (Å²) in [6.45, 7) is 2.34. The molecular weight excluding hydrogens is 283 g/mol. The van der Waals surface area contributed by atoms with E-state index in [4.69, 9.17) is 4.74 Å². The number of rotatable bonds is 4. The van der Waals surface area contributed by atoms with Gasteiger partial charge < -0.3 is 10.1 Å². The van der Waals surface area contributed by atoms with E-state index in [1.54, 1.807) is 18.2 Å². The fourth-order valence-corrected chi connectivity index (χ4v) is 3.47. The van der Waals surface area contributed by atoms with Gasteiger partial charge in [-0.15, -0.1) is 0 Å². The minimum absolute atomic E-state index is 0.135. The van der Waals surface area contributed by atoms with Crippen molar-refractivity contribution in [3.63, 3.8) is 0 Å². The summed E-state index contributed by atoms with van der Waals surface area (Å²) in [4.78, 5) is 14.4. The smallest absolute Gasteiger partial charge is 0.225 e. The zero-order chi connectivity index (χ0) is 15.4. The van der Waals surface area contributed by atoms with E-state index >= 15 is 0 Å². The van der Waals surface area contributed by atoms with Crippen LogP contribution < -0.4 is 5.32 Å². The monoisotopic (exact) mass is 306 g/mol. The van der Waals surface area contributed by atoms with Crippen molar-refractivity contribution in [2.45, 2.75) is 44.2 Å². The number of hydrogen-bond donors (Lipinski definition) is 1. The highest BCUT2D eigenvalue weighted by Crippen LogP contribution is 2.28. The van der Waals surface area contributed by atoms with E-state index in [1.807, 2.05) is 0 Å². The summed E-state index contributed by atoms with van der Waals surface area (Å²) in [5.41, 5.74) is 0.255. The maximum absolute atomic E-state index is 13.5. The zero-order valence-electron chi connectivity index (χ0n) is 12.8. The molecule has 120 valence electrons. The molecule has 1 aliphatic carbocycles. The molecule has 5 heteroatoms. The van der Waals surface area contributed by atoms with Crippen LogP contribution in [0, 0.1) is 5.82 Å². The minimum Gasteiger partial charge on any atom is -0.375 e. The summed E-state index contributed by atoms with van der Waals surface area (Å²) in [6.07, 6.45) is 5.47. The number of nitrogens with zero attached hydrogens (tertiary/aromatic N) is 1. The van der Waals surface area contributed by atoms with Crippen molar-refractivity contribution in [2.24, 2.45) is 0 Å². The normalized spacial score (nSPS) is 25.5. The maximum Gasteiger partial charge on any atom is 0.225 e. The van der Waals surface area contributed by atoms with Crippen molar-refractivity contribution in [3.05, 3.63) is 30.1 Å². The molecule has 1 N–H and O–H groups in total. The maximum atomic E-state index is 13.5. The van der Waals surface area contributed by atoms with Crippen LogP contribution >= 0.6 is 0 Å². The number of benzene rings is 1. The van der Waals surface area contributed by atoms with Gasteiger partial charge in [0, 0.05) is 25.6 Å². The number of hydrogen-bond acceptors (Lipinski definition) is 3. The van der Waals surface area contributed by atoms with E-state index in [-0.39, 0.29) is 11.6 Å². The van der Waals surface area contributed by atoms with Crippen LogP contribution in [0.1, 0.15) is 32.1 Å². The number of nitrogens with one attached hydrogen (secondary N) is 1. The lowest BCUT2D eigenvalue weighted by molar-refractivity contribution is -0.118. The Labute approximate surface area is 130 Å². The van der Waals surface area contributed by atoms with E-state index in [9.17, 15) is 9.18 Å². The van der Waals surface area contributed by atoms with Gasteiger partial charge in [-0.1, -0.05) is 25.0 Å². The molecule has 1 aliphatic heterocycles. The number of amides is 1. The van der Waals surface area contributed by atoms with Gasteiger partial charge in [-0.25, -0.2) is 4.39 Å². The molecule has 1 amide bonds. The van der Waals surface area contributed by atoms with Gasteiger partial charge in [0.2, 0.25) is 5.91 Å². The summed E-state index contributed by atoms with van der Waals surface area (Å²) in [7, 11) is 0. The number of morpholine rings is 1. The average Bonchev–Trinajstić information content (AvgIpc) is 2.55. The lowest BCUT2D eigenvalue weighted by atomic mass is 9.90. The Morgan fingerprint density at radius 2 is 2.14 bits per heavy atom. The molecule has 3 rings (SSSR count). The van der Waals surface area contributed by atoms with Gasteiger partial charge in [-0.05, 0) is 25.0 Å². The van der Waals surface area contributed by atoms with Crippen LogP contribution in [0.2, 0.25) is 0 Å². The van der Waals surface area contributed by atoms with E-state index in [0.717, 1.165) is 26.0 Å². The summed E-state index contributed by atoms with van der Waals surface area (Å²) >= 11 is 0. The Bertz CT molecular complexity index is 521. The van der Waals surface area contributed by atoms with Crippen molar-refractivity contribution in [1.82, 2.24) is 4.90 Å². The molecule has 2 aliphatic rings. The minimum atomic E-state index is -0.394. The first-order chi connectivity index (χ1) is 10.7. The molecule has 0 aromatic heterocycles. The second-order valence-corrected chi connectivity index (χ2v) is 6.08. The van der Waals surface area contributed by atoms with Crippen molar-refractivity contribution in [3.8, 4) is 0 Å². The van der Waals surface area contributed by atoms with E-state index in [1.165, 1.54) is 18.9 Å². The molecule has 0 bridgehead atoms. The van der Waals surface area contributed by atoms with Gasteiger partial charge in [0.25, 0.3) is 0 Å². The van der Waals surface area contributed by atoms with Gasteiger partial charge in [0.05, 0.1) is 18.4 Å². The number of ether oxygens (including phenoxy) is 1. The number of para-hydroxylation sites is 1. The third-order valence-corrected chi connectivity index (χ3v) is 4.62. The second kappa shape index (κ2) is 7.20. The van der Waals surface area contributed by atoms with Crippen LogP contribution in [0.5, 0.6) is 0 Å². The Balaban J connectivity index is 1.51. The summed E-state index contributed by atoms with van der Waals surface area (Å²) in [5, 5.41) is 2.65. The third kappa shape index (κ3) is 3.65. The molecule has 1 aromatic carbocycles. The lowest BCUT2D eigenvalue weighted by Gasteiger charge is -2.43. The van der Waals surface area contributed by atoms with Crippen LogP contribution in [-0.2, 0) is 9.53 Å². The van der Waals surface area contributed by atoms with Crippen LogP contribution in [-0.4, -0.2) is 42.6 Å². The van der Waals surface area contributed by atoms with Crippen molar-refractivity contribution >= 4 is 11.6 Å². The van der Waals surface area contributed by atoms with Gasteiger partial charge in [0.15, 0.2) is 0 Å². The average molecular weight is 306 g/mol. The largest absolute Gasteiger partial charge is 0.375 e. The summed E-state index contributed by atoms with van der Waals surface area (Å²) in [5.74, 6) is -0.529. The fraction of sp³-hybridized carbons (Fsp3) is 0.588. The molecule has 0 spiro atoms. The highest BCUT2D eigenvalue weighted by Gasteiger charge is 2.33. The number of carbonyl (C=O) groups excluding carboxylic acids is 1. The van der Waals surface area contributed by atoms with E-state index in [2.05, 4.69) is 10.2 Å². The van der Waals surface area contributed by atoms with Gasteiger partial charge >= 0.3 is 0 Å². The fourth-order valence-electron chi connectivity index (χ4n) is 3.47. The second-order valence-electron chi connectivity index (χ2n) is 6.08. The number of anilines is 1. The Morgan fingerprint density at radius 3 is 3.00 bits per heavy atom. The molecule has 22 heavy (non-hydrogen) atoms. The topological polar surface area (TPSA) is 41.6 Å². The molecule has 2 atom stereocenters. The number of fused-ring (bicyclic) bond motifs is 1. The van der Waals surface area contributed by atoms with Gasteiger partial charge in [-0.2, -0.15) is 0 Å². The third-order valence-electron chi connectivity index (χ3n) is 4.62. The van der Waals surface area contributed by atoms with Gasteiger partial charge in [-0.3, -0.25) is 9.69 Å². The number of halogens is 1. The van der Waals surface area contributed by atoms with E-state index < -0.39 is 5.82 Å². The predicted molar refractivity (Wildman–Crippen MR) is 83.2 cm³/mol. The molecule has 1 saturated heterocycles. The molecule has 0 unspecified atom stereocenters. The Hall–Kier alpha value is -1.46. The molecule has 2 fully saturated rings. The molecular formula is C17H23FN2O2. The van der Waals surface area contributed by atoms with Crippen molar-refractivity contribution in [1.29, 1.82) is 0 Å². The lowest BCUT2D eigenvalue weighted by Crippen LogP contribution is -2.53. The van der Waals surface area contributed by atoms with Crippen LogP contribution in [0.4, 0.5) is 10.1 Å². The Morgan fingerprint density at radius 1 is 1.32 bits per heavy atom. The first-order valence-corrected chi connectivity index (χ1v) is 8.14. The molecule has 1 heterocycles. The van der Waals surface area contributed by atoms with E-state index in [0.29, 0.717) is 25.1 Å². The van der Waals surface area contributed by atoms with Crippen molar-refractivity contribution < 1.29 is 13.9 Å². The standard InChI is InChI=1S/C17H23FN2O2/c18-13-5-1-2-6-14(13)19-17(21)9-10-20-11-12-22-16-8-4-3-7-15(16)20/h1-2,5-6,15-16H,3-4,7-12H2,(H,19,21)/t15-,16+/m0/s1. The summed E-state index contributed by atoms with van der Waals surface area (Å²) < 4.78 is 19.4. The van der Waals surface area contributed by atoms with Crippen molar-refractivity contribution in [2.75, 3.05) is 25.0 Å². The highest BCUT2D eigenvalue weighted by molar-refractivity contribution is 5.90. The first kappa shape index (κ1) is 15.4. The van der Waals surface area contributed by atoms with Gasteiger partial charge in [0.1, 0.15) is 5.82 Å². The quantitative estimate of drug-likeness (QED) is 0.930. The van der Waals surface area contributed by atoms with Crippen LogP contribution in [0.15, 0.2) is 24.3 Å². The Kier molecular flexibility index (Phi) is 5.05. The molecule has 1 saturated carbocycles. The SMILES string of the molecule is O=C(CCN1CCO[C@@H]2CCCC[C@@H]21)Nc1ccccc1F. The zero-order valence-corrected chi connectivity index (χ0v) is 12.8. The van der Waals surface area contributed by atoms with Crippen LogP contribution in [0.3, 0.4) is 0 Å². The van der Waals surface area contributed by atoms with Crippen LogP contribution in [0.25, 0.3) is 0 Å². The molecule has 1 aromatic rings. The molecule has 4 nitrogen and oxygen atoms in total. The molecule has 0 radical (unpaired) electrons. The predicted octanol–water partition coefficient (Wildman–Crippen LogP) is 2.80.